The van der Waals surface area contributed by atoms with Crippen LogP contribution in [0.15, 0.2) is 36.4 Å². The molecule has 0 radical (unpaired) electrons. The second-order valence-electron chi connectivity index (χ2n) is 5.28. The van der Waals surface area contributed by atoms with Crippen LogP contribution in [-0.2, 0) is 5.41 Å². The van der Waals surface area contributed by atoms with Gasteiger partial charge in [-0.15, -0.1) is 10.2 Å². The van der Waals surface area contributed by atoms with Crippen LogP contribution in [-0.4, -0.2) is 10.2 Å². The molecule has 1 heterocycles. The van der Waals surface area contributed by atoms with Crippen molar-refractivity contribution in [3.05, 3.63) is 42.0 Å². The van der Waals surface area contributed by atoms with Crippen molar-refractivity contribution in [3.8, 4) is 11.3 Å². The van der Waals surface area contributed by atoms with Gasteiger partial charge < -0.3 is 5.43 Å². The lowest BCUT2D eigenvalue weighted by Gasteiger charge is -2.19. The first-order valence-electron chi connectivity index (χ1n) is 5.92. The molecular weight excluding hydrogens is 224 g/mol. The van der Waals surface area contributed by atoms with Crippen molar-refractivity contribution in [3.63, 3.8) is 0 Å². The van der Waals surface area contributed by atoms with Crippen molar-refractivity contribution in [1.29, 1.82) is 0 Å². The third kappa shape index (κ3) is 2.65. The summed E-state index contributed by atoms with van der Waals surface area (Å²) in [6, 6.07) is 12.1. The maximum Gasteiger partial charge on any atom is 0.162 e. The monoisotopic (exact) mass is 242 g/mol. The number of anilines is 1. The predicted octanol–water partition coefficient (Wildman–Crippen LogP) is 2.73. The average Bonchev–Trinajstić information content (AvgIpc) is 2.38. The topological polar surface area (TPSA) is 63.8 Å². The minimum Gasteiger partial charge on any atom is -0.307 e. The molecule has 3 N–H and O–H groups in total. The van der Waals surface area contributed by atoms with E-state index in [0.717, 1.165) is 11.3 Å². The van der Waals surface area contributed by atoms with Crippen LogP contribution in [0.3, 0.4) is 0 Å². The Morgan fingerprint density at radius 3 is 2.06 bits per heavy atom. The van der Waals surface area contributed by atoms with Crippen LogP contribution in [0.4, 0.5) is 5.82 Å². The Morgan fingerprint density at radius 2 is 1.61 bits per heavy atom. The highest BCUT2D eigenvalue weighted by Crippen LogP contribution is 2.25. The van der Waals surface area contributed by atoms with Gasteiger partial charge in [0.15, 0.2) is 5.82 Å². The molecule has 0 unspecified atom stereocenters. The Bertz CT molecular complexity index is 509. The first-order valence-corrected chi connectivity index (χ1v) is 5.92. The molecule has 0 atom stereocenters. The summed E-state index contributed by atoms with van der Waals surface area (Å²) in [4.78, 5) is 0. The summed E-state index contributed by atoms with van der Waals surface area (Å²) in [5.74, 6) is 5.81. The van der Waals surface area contributed by atoms with E-state index in [4.69, 9.17) is 5.84 Å². The van der Waals surface area contributed by atoms with Crippen molar-refractivity contribution in [2.75, 3.05) is 5.43 Å². The fourth-order valence-corrected chi connectivity index (χ4v) is 1.70. The van der Waals surface area contributed by atoms with E-state index in [9.17, 15) is 0 Å². The van der Waals surface area contributed by atoms with E-state index in [1.165, 1.54) is 5.56 Å². The Hall–Kier alpha value is -1.94. The molecule has 1 aromatic heterocycles. The molecule has 0 amide bonds. The highest BCUT2D eigenvalue weighted by molar-refractivity contribution is 5.60. The van der Waals surface area contributed by atoms with Crippen LogP contribution in [0, 0.1) is 0 Å². The second-order valence-corrected chi connectivity index (χ2v) is 5.28. The van der Waals surface area contributed by atoms with Gasteiger partial charge in [0.1, 0.15) is 0 Å². The molecule has 0 aliphatic carbocycles. The standard InChI is InChI=1S/C14H18N4/c1-14(2,3)11-6-4-10(5-7-11)12-8-9-13(16-15)18-17-12/h4-9H,15H2,1-3H3,(H,16,18). The SMILES string of the molecule is CC(C)(C)c1ccc(-c2ccc(NN)nn2)cc1. The lowest BCUT2D eigenvalue weighted by molar-refractivity contribution is 0.590. The number of nitrogens with zero attached hydrogens (tertiary/aromatic N) is 2. The minimum absolute atomic E-state index is 0.164. The molecule has 4 heteroatoms. The van der Waals surface area contributed by atoms with Gasteiger partial charge in [0, 0.05) is 5.56 Å². The first kappa shape index (κ1) is 12.5. The molecule has 94 valence electrons. The molecule has 0 saturated heterocycles. The Balaban J connectivity index is 2.28. The third-order valence-electron chi connectivity index (χ3n) is 2.86. The molecule has 4 nitrogen and oxygen atoms in total. The molecule has 2 aromatic rings. The zero-order valence-corrected chi connectivity index (χ0v) is 10.9. The predicted molar refractivity (Wildman–Crippen MR) is 74.0 cm³/mol. The van der Waals surface area contributed by atoms with Crippen LogP contribution in [0.2, 0.25) is 0 Å². The Labute approximate surface area is 107 Å². The van der Waals surface area contributed by atoms with Crippen molar-refractivity contribution in [2.24, 2.45) is 5.84 Å². The molecule has 0 fully saturated rings. The molecule has 0 aliphatic heterocycles. The number of hydrogen-bond donors (Lipinski definition) is 2. The van der Waals surface area contributed by atoms with Crippen molar-refractivity contribution in [2.45, 2.75) is 26.2 Å². The van der Waals surface area contributed by atoms with Crippen molar-refractivity contribution >= 4 is 5.82 Å². The first-order chi connectivity index (χ1) is 8.50. The largest absolute Gasteiger partial charge is 0.307 e. The summed E-state index contributed by atoms with van der Waals surface area (Å²) in [7, 11) is 0. The number of aromatic nitrogens is 2. The van der Waals surface area contributed by atoms with E-state index < -0.39 is 0 Å². The number of hydrogen-bond acceptors (Lipinski definition) is 4. The third-order valence-corrected chi connectivity index (χ3v) is 2.86. The zero-order chi connectivity index (χ0) is 13.2. The number of nitrogens with two attached hydrogens (primary N) is 1. The summed E-state index contributed by atoms with van der Waals surface area (Å²) < 4.78 is 0. The van der Waals surface area contributed by atoms with Crippen LogP contribution >= 0.6 is 0 Å². The van der Waals surface area contributed by atoms with Crippen LogP contribution in [0.1, 0.15) is 26.3 Å². The molecule has 0 spiro atoms. The number of rotatable bonds is 2. The van der Waals surface area contributed by atoms with Crippen LogP contribution in [0.5, 0.6) is 0 Å². The van der Waals surface area contributed by atoms with E-state index in [1.807, 2.05) is 6.07 Å². The summed E-state index contributed by atoms with van der Waals surface area (Å²) in [5, 5.41) is 8.08. The van der Waals surface area contributed by atoms with Crippen molar-refractivity contribution in [1.82, 2.24) is 10.2 Å². The molecule has 0 bridgehead atoms. The fraction of sp³-hybridized carbons (Fsp3) is 0.286. The number of benzene rings is 1. The Morgan fingerprint density at radius 1 is 0.944 bits per heavy atom. The normalized spacial score (nSPS) is 11.3. The van der Waals surface area contributed by atoms with Gasteiger partial charge in [0.2, 0.25) is 0 Å². The van der Waals surface area contributed by atoms with Crippen molar-refractivity contribution < 1.29 is 0 Å². The van der Waals surface area contributed by atoms with E-state index >= 15 is 0 Å². The van der Waals surface area contributed by atoms with Gasteiger partial charge in [0.05, 0.1) is 5.69 Å². The molecule has 1 aromatic carbocycles. The maximum atomic E-state index is 5.25. The van der Waals surface area contributed by atoms with Crippen LogP contribution in [0.25, 0.3) is 11.3 Å². The number of nitrogens with one attached hydrogen (secondary N) is 1. The smallest absolute Gasteiger partial charge is 0.162 e. The quantitative estimate of drug-likeness (QED) is 0.628. The maximum absolute atomic E-state index is 5.25. The fourth-order valence-electron chi connectivity index (χ4n) is 1.70. The van der Waals surface area contributed by atoms with Gasteiger partial charge in [0.25, 0.3) is 0 Å². The number of nitrogen functional groups attached to an aromatic ring is 1. The molecule has 0 saturated carbocycles. The summed E-state index contributed by atoms with van der Waals surface area (Å²) in [6.45, 7) is 6.59. The molecule has 0 aliphatic rings. The lowest BCUT2D eigenvalue weighted by atomic mass is 9.86. The van der Waals surface area contributed by atoms with Gasteiger partial charge in [-0.3, -0.25) is 0 Å². The average molecular weight is 242 g/mol. The van der Waals surface area contributed by atoms with Gasteiger partial charge in [-0.1, -0.05) is 45.0 Å². The van der Waals surface area contributed by atoms with Crippen LogP contribution < -0.4 is 11.3 Å². The van der Waals surface area contributed by atoms with E-state index in [1.54, 1.807) is 6.07 Å². The molecule has 2 rings (SSSR count). The zero-order valence-electron chi connectivity index (χ0n) is 10.9. The highest BCUT2D eigenvalue weighted by atomic mass is 15.3. The molecular formula is C14H18N4. The summed E-state index contributed by atoms with van der Waals surface area (Å²) in [6.07, 6.45) is 0. The second kappa shape index (κ2) is 4.74. The van der Waals surface area contributed by atoms with Gasteiger partial charge in [-0.05, 0) is 23.1 Å². The van der Waals surface area contributed by atoms with Gasteiger partial charge in [-0.2, -0.15) is 0 Å². The van der Waals surface area contributed by atoms with E-state index in [2.05, 4.69) is 60.7 Å². The van der Waals surface area contributed by atoms with Gasteiger partial charge >= 0.3 is 0 Å². The Kier molecular flexibility index (Phi) is 3.30. The summed E-state index contributed by atoms with van der Waals surface area (Å²) in [5.41, 5.74) is 5.83. The number of hydrazine groups is 1. The summed E-state index contributed by atoms with van der Waals surface area (Å²) >= 11 is 0. The minimum atomic E-state index is 0.164. The lowest BCUT2D eigenvalue weighted by Crippen LogP contribution is -2.10. The molecule has 18 heavy (non-hydrogen) atoms. The van der Waals surface area contributed by atoms with Gasteiger partial charge in [-0.25, -0.2) is 5.84 Å². The highest BCUT2D eigenvalue weighted by Gasteiger charge is 2.13. The van der Waals surface area contributed by atoms with E-state index in [0.29, 0.717) is 5.82 Å². The van der Waals surface area contributed by atoms with E-state index in [-0.39, 0.29) is 5.41 Å².